The van der Waals surface area contributed by atoms with Crippen molar-refractivity contribution in [2.24, 2.45) is 5.92 Å². The van der Waals surface area contributed by atoms with Gasteiger partial charge in [0.2, 0.25) is 0 Å². The van der Waals surface area contributed by atoms with Crippen LogP contribution in [0, 0.1) is 5.92 Å². The van der Waals surface area contributed by atoms with Crippen LogP contribution in [0.4, 0.5) is 5.69 Å². The Morgan fingerprint density at radius 2 is 1.77 bits per heavy atom. The summed E-state index contributed by atoms with van der Waals surface area (Å²) in [5, 5.41) is 21.2. The van der Waals surface area contributed by atoms with Crippen molar-refractivity contribution in [3.05, 3.63) is 41.2 Å². The summed E-state index contributed by atoms with van der Waals surface area (Å²) in [4.78, 5) is 24.2. The van der Waals surface area contributed by atoms with Crippen molar-refractivity contribution in [3.63, 3.8) is 0 Å². The molecule has 6 heteroatoms. The lowest BCUT2D eigenvalue weighted by atomic mass is 9.95. The number of rotatable bonds is 7. The first-order valence-corrected chi connectivity index (χ1v) is 6.81. The Hall–Kier alpha value is -2.18. The SMILES string of the molecule is C=C(OC)C(=O)Nc1cc(CO)c(CO)cc1C(=O)C(C)C. The van der Waals surface area contributed by atoms with Crippen LogP contribution in [0.25, 0.3) is 0 Å². The van der Waals surface area contributed by atoms with Crippen LogP contribution in [0.2, 0.25) is 0 Å². The highest BCUT2D eigenvalue weighted by Crippen LogP contribution is 2.25. The minimum Gasteiger partial charge on any atom is -0.492 e. The van der Waals surface area contributed by atoms with Crippen molar-refractivity contribution in [1.82, 2.24) is 0 Å². The van der Waals surface area contributed by atoms with Gasteiger partial charge < -0.3 is 20.3 Å². The molecule has 0 saturated carbocycles. The molecule has 0 aromatic heterocycles. The lowest BCUT2D eigenvalue weighted by Crippen LogP contribution is -2.19. The predicted octanol–water partition coefficient (Wildman–Crippen LogP) is 1.61. The van der Waals surface area contributed by atoms with Gasteiger partial charge in [-0.25, -0.2) is 0 Å². The lowest BCUT2D eigenvalue weighted by Gasteiger charge is -2.16. The first kappa shape index (κ1) is 17.9. The number of aliphatic hydroxyl groups excluding tert-OH is 2. The topological polar surface area (TPSA) is 95.9 Å². The molecule has 0 aliphatic carbocycles. The van der Waals surface area contributed by atoms with Crippen LogP contribution in [0.3, 0.4) is 0 Å². The first-order chi connectivity index (χ1) is 10.3. The molecule has 22 heavy (non-hydrogen) atoms. The van der Waals surface area contributed by atoms with E-state index in [0.717, 1.165) is 0 Å². The van der Waals surface area contributed by atoms with Crippen LogP contribution in [-0.2, 0) is 22.7 Å². The summed E-state index contributed by atoms with van der Waals surface area (Å²) in [7, 11) is 1.32. The molecular weight excluding hydrogens is 286 g/mol. The zero-order chi connectivity index (χ0) is 16.9. The number of hydrogen-bond acceptors (Lipinski definition) is 5. The molecule has 0 radical (unpaired) electrons. The molecule has 0 saturated heterocycles. The van der Waals surface area contributed by atoms with E-state index in [2.05, 4.69) is 11.9 Å². The van der Waals surface area contributed by atoms with Crippen LogP contribution >= 0.6 is 0 Å². The second-order valence-electron chi connectivity index (χ2n) is 5.08. The third-order valence-corrected chi connectivity index (χ3v) is 3.22. The molecule has 0 fully saturated rings. The van der Waals surface area contributed by atoms with Crippen molar-refractivity contribution in [2.45, 2.75) is 27.1 Å². The molecular formula is C16H21NO5. The van der Waals surface area contributed by atoms with E-state index in [0.29, 0.717) is 11.1 Å². The molecule has 120 valence electrons. The molecule has 6 nitrogen and oxygen atoms in total. The van der Waals surface area contributed by atoms with Gasteiger partial charge in [0.1, 0.15) is 0 Å². The maximum absolute atomic E-state index is 12.3. The van der Waals surface area contributed by atoms with Gasteiger partial charge >= 0.3 is 0 Å². The van der Waals surface area contributed by atoms with E-state index in [1.165, 1.54) is 19.2 Å². The number of carbonyl (C=O) groups excluding carboxylic acids is 2. The molecule has 3 N–H and O–H groups in total. The fourth-order valence-corrected chi connectivity index (χ4v) is 1.89. The number of amides is 1. The number of methoxy groups -OCH3 is 1. The van der Waals surface area contributed by atoms with Crippen molar-refractivity contribution < 1.29 is 24.5 Å². The Morgan fingerprint density at radius 3 is 2.23 bits per heavy atom. The second kappa shape index (κ2) is 7.72. The minimum absolute atomic E-state index is 0.0975. The summed E-state index contributed by atoms with van der Waals surface area (Å²) in [5.41, 5.74) is 1.40. The largest absolute Gasteiger partial charge is 0.492 e. The highest BCUT2D eigenvalue weighted by molar-refractivity contribution is 6.09. The fourth-order valence-electron chi connectivity index (χ4n) is 1.89. The Labute approximate surface area is 129 Å². The lowest BCUT2D eigenvalue weighted by molar-refractivity contribution is -0.115. The number of aliphatic hydroxyl groups is 2. The monoisotopic (exact) mass is 307 g/mol. The molecule has 1 aromatic rings. The van der Waals surface area contributed by atoms with E-state index in [1.54, 1.807) is 13.8 Å². The van der Waals surface area contributed by atoms with E-state index in [9.17, 15) is 19.8 Å². The van der Waals surface area contributed by atoms with Crippen molar-refractivity contribution in [2.75, 3.05) is 12.4 Å². The third kappa shape index (κ3) is 3.93. The zero-order valence-corrected chi connectivity index (χ0v) is 13.0. The Kier molecular flexibility index (Phi) is 6.27. The number of nitrogens with one attached hydrogen (secondary N) is 1. The van der Waals surface area contributed by atoms with Crippen LogP contribution in [0.5, 0.6) is 0 Å². The predicted molar refractivity (Wildman–Crippen MR) is 82.2 cm³/mol. The second-order valence-corrected chi connectivity index (χ2v) is 5.08. The first-order valence-electron chi connectivity index (χ1n) is 6.81. The molecule has 0 heterocycles. The summed E-state index contributed by atoms with van der Waals surface area (Å²) < 4.78 is 4.75. The normalized spacial score (nSPS) is 10.5. The van der Waals surface area contributed by atoms with Gasteiger partial charge in [-0.2, -0.15) is 0 Å². The highest BCUT2D eigenvalue weighted by atomic mass is 16.5. The van der Waals surface area contributed by atoms with Crippen LogP contribution in [0.15, 0.2) is 24.5 Å². The molecule has 1 aromatic carbocycles. The van der Waals surface area contributed by atoms with Gasteiger partial charge in [-0.05, 0) is 23.3 Å². The number of ether oxygens (including phenoxy) is 1. The summed E-state index contributed by atoms with van der Waals surface area (Å²) in [6.45, 7) is 6.29. The summed E-state index contributed by atoms with van der Waals surface area (Å²) in [6.07, 6.45) is 0. The standard InChI is InChI=1S/C16H21NO5/c1-9(2)15(20)13-5-11(7-18)12(8-19)6-14(13)17-16(21)10(3)22-4/h5-6,9,18-19H,3,7-8H2,1-2,4H3,(H,17,21). The molecule has 0 unspecified atom stereocenters. The summed E-state index contributed by atoms with van der Waals surface area (Å²) in [5.74, 6) is -1.15. The van der Waals surface area contributed by atoms with Gasteiger partial charge in [-0.3, -0.25) is 9.59 Å². The molecule has 0 aliphatic rings. The smallest absolute Gasteiger partial charge is 0.290 e. The summed E-state index contributed by atoms with van der Waals surface area (Å²) >= 11 is 0. The average Bonchev–Trinajstić information content (AvgIpc) is 2.52. The molecule has 0 atom stereocenters. The number of ketones is 1. The number of anilines is 1. The Balaban J connectivity index is 3.35. The number of Topliss-reactive ketones (excluding diaryl/α,β-unsaturated/α-hetero) is 1. The van der Waals surface area contributed by atoms with Gasteiger partial charge in [0.25, 0.3) is 5.91 Å². The Morgan fingerprint density at radius 1 is 1.23 bits per heavy atom. The Bertz CT molecular complexity index is 592. The van der Waals surface area contributed by atoms with Gasteiger partial charge in [-0.1, -0.05) is 20.4 Å². The van der Waals surface area contributed by atoms with Gasteiger partial charge in [0.15, 0.2) is 11.5 Å². The third-order valence-electron chi connectivity index (χ3n) is 3.22. The van der Waals surface area contributed by atoms with Crippen molar-refractivity contribution >= 4 is 17.4 Å². The molecule has 1 rings (SSSR count). The van der Waals surface area contributed by atoms with Crippen molar-refractivity contribution in [3.8, 4) is 0 Å². The molecule has 0 bridgehead atoms. The van der Waals surface area contributed by atoms with E-state index in [1.807, 2.05) is 0 Å². The van der Waals surface area contributed by atoms with Crippen molar-refractivity contribution in [1.29, 1.82) is 0 Å². The maximum atomic E-state index is 12.3. The maximum Gasteiger partial charge on any atom is 0.290 e. The van der Waals surface area contributed by atoms with Gasteiger partial charge in [-0.15, -0.1) is 0 Å². The van der Waals surface area contributed by atoms with Crippen LogP contribution < -0.4 is 5.32 Å². The number of hydrogen-bond donors (Lipinski definition) is 3. The number of benzene rings is 1. The number of carbonyl (C=O) groups is 2. The van der Waals surface area contributed by atoms with E-state index in [4.69, 9.17) is 4.74 Å². The zero-order valence-electron chi connectivity index (χ0n) is 13.0. The molecule has 1 amide bonds. The fraction of sp³-hybridized carbons (Fsp3) is 0.375. The van der Waals surface area contributed by atoms with Crippen LogP contribution in [0.1, 0.15) is 35.3 Å². The molecule has 0 spiro atoms. The van der Waals surface area contributed by atoms with Gasteiger partial charge in [0.05, 0.1) is 26.0 Å². The molecule has 0 aliphatic heterocycles. The average molecular weight is 307 g/mol. The summed E-state index contributed by atoms with van der Waals surface area (Å²) in [6, 6.07) is 2.96. The van der Waals surface area contributed by atoms with E-state index in [-0.39, 0.29) is 41.9 Å². The minimum atomic E-state index is -0.582. The quantitative estimate of drug-likeness (QED) is 0.404. The van der Waals surface area contributed by atoms with Gasteiger partial charge in [0, 0.05) is 11.5 Å². The van der Waals surface area contributed by atoms with E-state index >= 15 is 0 Å². The highest BCUT2D eigenvalue weighted by Gasteiger charge is 2.20. The van der Waals surface area contributed by atoms with E-state index < -0.39 is 5.91 Å². The van der Waals surface area contributed by atoms with Crippen LogP contribution in [-0.4, -0.2) is 29.0 Å².